The van der Waals surface area contributed by atoms with Gasteiger partial charge < -0.3 is 15.3 Å². The lowest BCUT2D eigenvalue weighted by atomic mass is 9.84. The SMILES string of the molecule is CCCCC(O)C(CC1CC1)C(=O)NC1CN(Cc2ccccc2)c2ccccc2C(C(C)(C)C)=N1. The standard InChI is InChI=1S/C31H43N3O2/c1-5-6-16-27(35)25(19-22-17-18-22)30(36)33-28-21-34(20-23-12-8-7-9-13-23)26-15-11-10-14-24(26)29(32-28)31(2,3)4/h7-15,22,25,27-28,35H,5-6,16-21H2,1-4H3,(H,33,36). The van der Waals surface area contributed by atoms with Gasteiger partial charge in [-0.05, 0) is 30.4 Å². The summed E-state index contributed by atoms with van der Waals surface area (Å²) in [5.74, 6) is 0.141. The molecule has 3 unspecified atom stereocenters. The van der Waals surface area contributed by atoms with Gasteiger partial charge in [-0.15, -0.1) is 0 Å². The molecule has 5 nitrogen and oxygen atoms in total. The smallest absolute Gasteiger partial charge is 0.227 e. The number of amides is 1. The highest BCUT2D eigenvalue weighted by Gasteiger charge is 2.36. The summed E-state index contributed by atoms with van der Waals surface area (Å²) in [6, 6.07) is 18.9. The summed E-state index contributed by atoms with van der Waals surface area (Å²) >= 11 is 0. The van der Waals surface area contributed by atoms with Gasteiger partial charge in [0.25, 0.3) is 0 Å². The Morgan fingerprint density at radius 3 is 2.47 bits per heavy atom. The summed E-state index contributed by atoms with van der Waals surface area (Å²) in [5, 5.41) is 14.2. The summed E-state index contributed by atoms with van der Waals surface area (Å²) < 4.78 is 0. The van der Waals surface area contributed by atoms with Gasteiger partial charge in [-0.25, -0.2) is 0 Å². The number of benzene rings is 2. The van der Waals surface area contributed by atoms with Crippen molar-refractivity contribution in [1.29, 1.82) is 0 Å². The zero-order valence-corrected chi connectivity index (χ0v) is 22.4. The number of unbranched alkanes of at least 4 members (excludes halogenated alkanes) is 1. The van der Waals surface area contributed by atoms with Gasteiger partial charge in [0.1, 0.15) is 6.17 Å². The molecule has 2 N–H and O–H groups in total. The van der Waals surface area contributed by atoms with E-state index in [1.807, 2.05) is 6.07 Å². The van der Waals surface area contributed by atoms with E-state index >= 15 is 0 Å². The van der Waals surface area contributed by atoms with Crippen LogP contribution in [-0.4, -0.2) is 35.5 Å². The van der Waals surface area contributed by atoms with Crippen molar-refractivity contribution in [1.82, 2.24) is 5.32 Å². The van der Waals surface area contributed by atoms with Crippen molar-refractivity contribution in [2.24, 2.45) is 22.2 Å². The minimum atomic E-state index is -0.597. The Morgan fingerprint density at radius 1 is 1.11 bits per heavy atom. The summed E-state index contributed by atoms with van der Waals surface area (Å²) in [7, 11) is 0. The zero-order valence-electron chi connectivity index (χ0n) is 22.4. The van der Waals surface area contributed by atoms with E-state index in [1.54, 1.807) is 0 Å². The number of fused-ring (bicyclic) bond motifs is 1. The number of anilines is 1. The number of aliphatic hydroxyl groups is 1. The summed E-state index contributed by atoms with van der Waals surface area (Å²) in [6.07, 6.45) is 4.75. The van der Waals surface area contributed by atoms with Crippen LogP contribution in [0, 0.1) is 17.3 Å². The fourth-order valence-electron chi connectivity index (χ4n) is 5.19. The number of hydrogen-bond acceptors (Lipinski definition) is 4. The maximum Gasteiger partial charge on any atom is 0.227 e. The molecule has 36 heavy (non-hydrogen) atoms. The minimum absolute atomic E-state index is 0.0573. The second-order valence-corrected chi connectivity index (χ2v) is 11.6. The monoisotopic (exact) mass is 489 g/mol. The number of carbonyl (C=O) groups is 1. The predicted molar refractivity (Wildman–Crippen MR) is 148 cm³/mol. The summed E-state index contributed by atoms with van der Waals surface area (Å²) in [4.78, 5) is 21.1. The van der Waals surface area contributed by atoms with Gasteiger partial charge in [-0.2, -0.15) is 0 Å². The van der Waals surface area contributed by atoms with E-state index < -0.39 is 6.10 Å². The van der Waals surface area contributed by atoms with Crippen LogP contribution >= 0.6 is 0 Å². The Hall–Kier alpha value is -2.66. The van der Waals surface area contributed by atoms with E-state index in [0.29, 0.717) is 18.9 Å². The van der Waals surface area contributed by atoms with Gasteiger partial charge in [-0.3, -0.25) is 9.79 Å². The van der Waals surface area contributed by atoms with Crippen molar-refractivity contribution < 1.29 is 9.90 Å². The number of benzodiazepines with no additional fused rings is 1. The maximum atomic E-state index is 13.6. The van der Waals surface area contributed by atoms with Crippen LogP contribution < -0.4 is 10.2 Å². The highest BCUT2D eigenvalue weighted by Crippen LogP contribution is 2.37. The number of para-hydroxylation sites is 1. The Balaban J connectivity index is 1.63. The molecule has 0 aromatic heterocycles. The summed E-state index contributed by atoms with van der Waals surface area (Å²) in [6.45, 7) is 9.98. The van der Waals surface area contributed by atoms with E-state index in [9.17, 15) is 9.90 Å². The van der Waals surface area contributed by atoms with Crippen LogP contribution in [0.2, 0.25) is 0 Å². The lowest BCUT2D eigenvalue weighted by Crippen LogP contribution is -2.47. The van der Waals surface area contributed by atoms with Crippen molar-refractivity contribution in [3.05, 3.63) is 65.7 Å². The van der Waals surface area contributed by atoms with Gasteiger partial charge in [0.15, 0.2) is 0 Å². The van der Waals surface area contributed by atoms with Crippen LogP contribution in [0.5, 0.6) is 0 Å². The first-order valence-electron chi connectivity index (χ1n) is 13.7. The number of rotatable bonds is 10. The largest absolute Gasteiger partial charge is 0.392 e. The molecule has 0 spiro atoms. The number of hydrogen-bond donors (Lipinski definition) is 2. The second-order valence-electron chi connectivity index (χ2n) is 11.6. The fraction of sp³-hybridized carbons (Fsp3) is 0.548. The maximum absolute atomic E-state index is 13.6. The molecular weight excluding hydrogens is 446 g/mol. The Bertz CT molecular complexity index is 1040. The van der Waals surface area contributed by atoms with Gasteiger partial charge in [0.2, 0.25) is 5.91 Å². The molecule has 1 aliphatic carbocycles. The number of aliphatic hydroxyl groups excluding tert-OH is 1. The third kappa shape index (κ3) is 6.76. The molecule has 194 valence electrons. The lowest BCUT2D eigenvalue weighted by molar-refractivity contribution is -0.129. The molecule has 5 heteroatoms. The molecule has 0 bridgehead atoms. The molecule has 0 radical (unpaired) electrons. The zero-order chi connectivity index (χ0) is 25.7. The molecule has 4 rings (SSSR count). The van der Waals surface area contributed by atoms with Crippen LogP contribution in [0.3, 0.4) is 0 Å². The van der Waals surface area contributed by atoms with Gasteiger partial charge in [0.05, 0.1) is 24.3 Å². The van der Waals surface area contributed by atoms with E-state index in [1.165, 1.54) is 18.4 Å². The van der Waals surface area contributed by atoms with E-state index in [0.717, 1.165) is 42.8 Å². The third-order valence-electron chi connectivity index (χ3n) is 7.35. The third-order valence-corrected chi connectivity index (χ3v) is 7.35. The normalized spacial score (nSPS) is 19.6. The molecule has 2 aromatic carbocycles. The van der Waals surface area contributed by atoms with Gasteiger partial charge >= 0.3 is 0 Å². The van der Waals surface area contributed by atoms with Crippen LogP contribution in [0.25, 0.3) is 0 Å². The van der Waals surface area contributed by atoms with E-state index in [-0.39, 0.29) is 23.4 Å². The first kappa shape index (κ1) is 26.4. The van der Waals surface area contributed by atoms with Crippen LogP contribution in [0.4, 0.5) is 5.69 Å². The molecule has 1 heterocycles. The first-order chi connectivity index (χ1) is 17.3. The molecule has 2 aromatic rings. The number of carbonyl (C=O) groups excluding carboxylic acids is 1. The van der Waals surface area contributed by atoms with Gasteiger partial charge in [0, 0.05) is 23.2 Å². The van der Waals surface area contributed by atoms with E-state index in [4.69, 9.17) is 4.99 Å². The van der Waals surface area contributed by atoms with Crippen molar-refractivity contribution >= 4 is 17.3 Å². The quantitative estimate of drug-likeness (QED) is 0.433. The Morgan fingerprint density at radius 2 is 1.81 bits per heavy atom. The highest BCUT2D eigenvalue weighted by molar-refractivity contribution is 6.08. The van der Waals surface area contributed by atoms with Gasteiger partial charge in [-0.1, -0.05) is 102 Å². The van der Waals surface area contributed by atoms with Crippen LogP contribution in [-0.2, 0) is 11.3 Å². The summed E-state index contributed by atoms with van der Waals surface area (Å²) in [5.41, 5.74) is 4.30. The topological polar surface area (TPSA) is 64.9 Å². The molecule has 1 saturated carbocycles. The van der Waals surface area contributed by atoms with Crippen molar-refractivity contribution in [2.75, 3.05) is 11.4 Å². The lowest BCUT2D eigenvalue weighted by Gasteiger charge is -2.29. The van der Waals surface area contributed by atoms with Crippen LogP contribution in [0.15, 0.2) is 59.6 Å². The highest BCUT2D eigenvalue weighted by atomic mass is 16.3. The van der Waals surface area contributed by atoms with Crippen LogP contribution in [0.1, 0.15) is 77.3 Å². The first-order valence-corrected chi connectivity index (χ1v) is 13.7. The molecular formula is C31H43N3O2. The average molecular weight is 490 g/mol. The predicted octanol–water partition coefficient (Wildman–Crippen LogP) is 5.95. The number of nitrogens with zero attached hydrogens (tertiary/aromatic N) is 2. The van der Waals surface area contributed by atoms with Crippen molar-refractivity contribution in [3.8, 4) is 0 Å². The second kappa shape index (κ2) is 11.6. The molecule has 1 aliphatic heterocycles. The molecule has 2 aliphatic rings. The molecule has 0 saturated heterocycles. The fourth-order valence-corrected chi connectivity index (χ4v) is 5.19. The van der Waals surface area contributed by atoms with E-state index in [2.05, 4.69) is 86.4 Å². The van der Waals surface area contributed by atoms with Crippen molar-refractivity contribution in [3.63, 3.8) is 0 Å². The average Bonchev–Trinajstić information content (AvgIpc) is 3.69. The molecule has 3 atom stereocenters. The number of aliphatic imine (C=N–C) groups is 1. The Kier molecular flexibility index (Phi) is 8.50. The van der Waals surface area contributed by atoms with Crippen molar-refractivity contribution in [2.45, 2.75) is 85.0 Å². The minimum Gasteiger partial charge on any atom is -0.392 e. The number of nitrogens with one attached hydrogen (secondary N) is 1. The molecule has 1 amide bonds. The Labute approximate surface area is 217 Å². The molecule has 1 fully saturated rings.